The molecule has 0 heterocycles. The fourth-order valence-corrected chi connectivity index (χ4v) is 2.02. The van der Waals surface area contributed by atoms with E-state index in [4.69, 9.17) is 4.74 Å². The predicted molar refractivity (Wildman–Crippen MR) is 68.3 cm³/mol. The van der Waals surface area contributed by atoms with Gasteiger partial charge in [0.15, 0.2) is 11.5 Å². The molecule has 0 spiro atoms. The number of para-hydroxylation sites is 1. The molecule has 1 aliphatic rings. The van der Waals surface area contributed by atoms with Gasteiger partial charge in [-0.2, -0.15) is 0 Å². The first-order valence-corrected chi connectivity index (χ1v) is 6.13. The van der Waals surface area contributed by atoms with Crippen LogP contribution in [0.1, 0.15) is 25.3 Å². The highest BCUT2D eigenvalue weighted by Gasteiger charge is 2.12. The van der Waals surface area contributed by atoms with Gasteiger partial charge < -0.3 is 15.2 Å². The maximum Gasteiger partial charge on any atom is 0.162 e. The first-order valence-electron chi connectivity index (χ1n) is 6.13. The molecule has 0 aromatic heterocycles. The lowest BCUT2D eigenvalue weighted by Crippen LogP contribution is -2.25. The summed E-state index contributed by atoms with van der Waals surface area (Å²) in [7, 11) is 0. The van der Waals surface area contributed by atoms with E-state index in [-0.39, 0.29) is 5.75 Å². The normalized spacial score (nSPS) is 15.4. The molecule has 0 bridgehead atoms. The zero-order valence-electron chi connectivity index (χ0n) is 10.1. The van der Waals surface area contributed by atoms with Gasteiger partial charge in [0.05, 0.1) is 6.61 Å². The zero-order valence-corrected chi connectivity index (χ0v) is 10.1. The van der Waals surface area contributed by atoms with Gasteiger partial charge in [-0.25, -0.2) is 0 Å². The highest BCUT2D eigenvalue weighted by Crippen LogP contribution is 2.29. The van der Waals surface area contributed by atoms with Gasteiger partial charge in [0.25, 0.3) is 0 Å². The molecule has 3 heteroatoms. The van der Waals surface area contributed by atoms with Crippen molar-refractivity contribution in [1.82, 2.24) is 5.32 Å². The molecule has 1 aromatic carbocycles. The number of rotatable bonds is 5. The molecule has 0 amide bonds. The molecule has 0 radical (unpaired) electrons. The molecule has 0 saturated heterocycles. The average Bonchev–Trinajstić information content (AvgIpc) is 2.83. The van der Waals surface area contributed by atoms with E-state index in [0.29, 0.717) is 24.9 Å². The standard InChI is InChI=1S/C14H19NO2/c1-2-17-13-9-5-6-11(14(13)16)10-15-12-7-3-4-8-12/h3-6,9,12,15-16H,2,7-8,10H2,1H3. The minimum absolute atomic E-state index is 0.257. The van der Waals surface area contributed by atoms with Crippen LogP contribution in [-0.2, 0) is 6.54 Å². The molecular weight excluding hydrogens is 214 g/mol. The number of benzene rings is 1. The second-order valence-electron chi connectivity index (χ2n) is 4.22. The van der Waals surface area contributed by atoms with Crippen molar-refractivity contribution in [3.8, 4) is 11.5 Å². The topological polar surface area (TPSA) is 41.5 Å². The van der Waals surface area contributed by atoms with E-state index in [2.05, 4.69) is 17.5 Å². The fraction of sp³-hybridized carbons (Fsp3) is 0.429. The molecule has 1 aromatic rings. The van der Waals surface area contributed by atoms with E-state index in [0.717, 1.165) is 18.4 Å². The van der Waals surface area contributed by atoms with Crippen LogP contribution in [0.4, 0.5) is 0 Å². The minimum Gasteiger partial charge on any atom is -0.504 e. The predicted octanol–water partition coefficient (Wildman–Crippen LogP) is 2.60. The molecule has 92 valence electrons. The molecule has 0 unspecified atom stereocenters. The summed E-state index contributed by atoms with van der Waals surface area (Å²) in [6.07, 6.45) is 6.53. The molecular formula is C14H19NO2. The van der Waals surface area contributed by atoms with Crippen LogP contribution >= 0.6 is 0 Å². The molecule has 1 aliphatic carbocycles. The summed E-state index contributed by atoms with van der Waals surface area (Å²) in [4.78, 5) is 0. The summed E-state index contributed by atoms with van der Waals surface area (Å²) in [6.45, 7) is 3.16. The van der Waals surface area contributed by atoms with E-state index < -0.39 is 0 Å². The van der Waals surface area contributed by atoms with Crippen LogP contribution < -0.4 is 10.1 Å². The van der Waals surface area contributed by atoms with Crippen LogP contribution in [-0.4, -0.2) is 17.8 Å². The van der Waals surface area contributed by atoms with Crippen LogP contribution in [0.15, 0.2) is 30.4 Å². The first kappa shape index (κ1) is 12.0. The quantitative estimate of drug-likeness (QED) is 0.768. The van der Waals surface area contributed by atoms with Crippen molar-refractivity contribution in [2.75, 3.05) is 6.61 Å². The Kier molecular flexibility index (Phi) is 4.04. The van der Waals surface area contributed by atoms with Crippen molar-refractivity contribution in [3.05, 3.63) is 35.9 Å². The maximum atomic E-state index is 10.0. The van der Waals surface area contributed by atoms with E-state index in [1.807, 2.05) is 19.1 Å². The van der Waals surface area contributed by atoms with Gasteiger partial charge in [0.1, 0.15) is 0 Å². The largest absolute Gasteiger partial charge is 0.504 e. The zero-order chi connectivity index (χ0) is 12.1. The van der Waals surface area contributed by atoms with Crippen molar-refractivity contribution < 1.29 is 9.84 Å². The third-order valence-electron chi connectivity index (χ3n) is 2.97. The highest BCUT2D eigenvalue weighted by molar-refractivity contribution is 5.45. The van der Waals surface area contributed by atoms with Gasteiger partial charge in [0, 0.05) is 18.2 Å². The first-order chi connectivity index (χ1) is 8.31. The smallest absolute Gasteiger partial charge is 0.162 e. The molecule has 17 heavy (non-hydrogen) atoms. The lowest BCUT2D eigenvalue weighted by Gasteiger charge is -2.14. The molecule has 2 N–H and O–H groups in total. The second-order valence-corrected chi connectivity index (χ2v) is 4.22. The van der Waals surface area contributed by atoms with E-state index in [9.17, 15) is 5.11 Å². The highest BCUT2D eigenvalue weighted by atomic mass is 16.5. The molecule has 0 saturated carbocycles. The maximum absolute atomic E-state index is 10.0. The van der Waals surface area contributed by atoms with Crippen molar-refractivity contribution in [2.24, 2.45) is 0 Å². The van der Waals surface area contributed by atoms with Crippen molar-refractivity contribution in [1.29, 1.82) is 0 Å². The van der Waals surface area contributed by atoms with Crippen molar-refractivity contribution >= 4 is 0 Å². The number of phenolic OH excluding ortho intramolecular Hbond substituents is 1. The van der Waals surface area contributed by atoms with Gasteiger partial charge in [-0.1, -0.05) is 24.3 Å². The summed E-state index contributed by atoms with van der Waals surface area (Å²) in [5.41, 5.74) is 0.892. The lowest BCUT2D eigenvalue weighted by atomic mass is 10.1. The van der Waals surface area contributed by atoms with Gasteiger partial charge in [-0.15, -0.1) is 0 Å². The second kappa shape index (κ2) is 5.73. The number of hydrogen-bond donors (Lipinski definition) is 2. The van der Waals surface area contributed by atoms with Crippen LogP contribution in [0.25, 0.3) is 0 Å². The Bertz CT molecular complexity index is 393. The molecule has 0 aliphatic heterocycles. The summed E-state index contributed by atoms with van der Waals surface area (Å²) in [5.74, 6) is 0.823. The third kappa shape index (κ3) is 3.01. The van der Waals surface area contributed by atoms with Crippen molar-refractivity contribution in [2.45, 2.75) is 32.4 Å². The SMILES string of the molecule is CCOc1cccc(CNC2CC=CC2)c1O. The molecule has 2 rings (SSSR count). The average molecular weight is 233 g/mol. The van der Waals surface area contributed by atoms with Crippen LogP contribution in [0.3, 0.4) is 0 Å². The number of nitrogens with one attached hydrogen (secondary N) is 1. The third-order valence-corrected chi connectivity index (χ3v) is 2.97. The number of aromatic hydroxyl groups is 1. The summed E-state index contributed by atoms with van der Waals surface area (Å²) in [5, 5.41) is 13.4. The van der Waals surface area contributed by atoms with Crippen LogP contribution in [0.5, 0.6) is 11.5 Å². The number of phenols is 1. The van der Waals surface area contributed by atoms with E-state index >= 15 is 0 Å². The Morgan fingerprint density at radius 2 is 2.12 bits per heavy atom. The molecule has 0 fully saturated rings. The number of ether oxygens (including phenoxy) is 1. The van der Waals surface area contributed by atoms with Gasteiger partial charge in [0.2, 0.25) is 0 Å². The fourth-order valence-electron chi connectivity index (χ4n) is 2.02. The Morgan fingerprint density at radius 1 is 1.35 bits per heavy atom. The van der Waals surface area contributed by atoms with Crippen molar-refractivity contribution in [3.63, 3.8) is 0 Å². The van der Waals surface area contributed by atoms with E-state index in [1.165, 1.54) is 0 Å². The summed E-state index contributed by atoms with van der Waals surface area (Å²) >= 11 is 0. The van der Waals surface area contributed by atoms with Crippen LogP contribution in [0.2, 0.25) is 0 Å². The molecule has 0 atom stereocenters. The lowest BCUT2D eigenvalue weighted by molar-refractivity contribution is 0.316. The van der Waals surface area contributed by atoms with Gasteiger partial charge in [-0.05, 0) is 25.8 Å². The Labute approximate surface area is 102 Å². The van der Waals surface area contributed by atoms with Crippen LogP contribution in [0, 0.1) is 0 Å². The number of hydrogen-bond acceptors (Lipinski definition) is 3. The summed E-state index contributed by atoms with van der Waals surface area (Å²) < 4.78 is 5.36. The Hall–Kier alpha value is -1.48. The minimum atomic E-state index is 0.257. The Balaban J connectivity index is 1.97. The Morgan fingerprint density at radius 3 is 2.82 bits per heavy atom. The monoisotopic (exact) mass is 233 g/mol. The van der Waals surface area contributed by atoms with E-state index in [1.54, 1.807) is 6.07 Å². The van der Waals surface area contributed by atoms with Gasteiger partial charge in [-0.3, -0.25) is 0 Å². The van der Waals surface area contributed by atoms with Gasteiger partial charge >= 0.3 is 0 Å². The molecule has 3 nitrogen and oxygen atoms in total. The summed E-state index contributed by atoms with van der Waals surface area (Å²) in [6, 6.07) is 6.13.